The molecule has 0 saturated carbocycles. The molecule has 3 N–H and O–H groups in total. The molecule has 140 valence electrons. The SMILES string of the molecule is CC(Nc1ccc([N+](=O)[O-])cc1S(N)(=O)=O)c1ccc(-n2cncn2)cc1. The van der Waals surface area contributed by atoms with Crippen molar-refractivity contribution in [2.24, 2.45) is 5.14 Å². The molecule has 2 aromatic carbocycles. The highest BCUT2D eigenvalue weighted by Gasteiger charge is 2.20. The van der Waals surface area contributed by atoms with Crippen LogP contribution < -0.4 is 10.5 Å². The molecule has 1 heterocycles. The van der Waals surface area contributed by atoms with Crippen molar-refractivity contribution in [2.45, 2.75) is 17.9 Å². The average molecular weight is 388 g/mol. The molecular weight excluding hydrogens is 372 g/mol. The van der Waals surface area contributed by atoms with Crippen molar-refractivity contribution >= 4 is 21.4 Å². The van der Waals surface area contributed by atoms with Gasteiger partial charge in [-0.2, -0.15) is 5.10 Å². The minimum absolute atomic E-state index is 0.191. The summed E-state index contributed by atoms with van der Waals surface area (Å²) in [5.41, 5.74) is 1.53. The van der Waals surface area contributed by atoms with Gasteiger partial charge < -0.3 is 5.32 Å². The summed E-state index contributed by atoms with van der Waals surface area (Å²) in [7, 11) is -4.14. The van der Waals surface area contributed by atoms with E-state index in [0.29, 0.717) is 0 Å². The summed E-state index contributed by atoms with van der Waals surface area (Å²) in [5.74, 6) is 0. The van der Waals surface area contributed by atoms with E-state index in [2.05, 4.69) is 15.4 Å². The summed E-state index contributed by atoms with van der Waals surface area (Å²) in [6, 6.07) is 10.6. The van der Waals surface area contributed by atoms with Crippen LogP contribution >= 0.6 is 0 Å². The molecule has 0 radical (unpaired) electrons. The number of non-ortho nitro benzene ring substituents is 1. The Morgan fingerprint density at radius 1 is 1.22 bits per heavy atom. The molecule has 0 saturated heterocycles. The van der Waals surface area contributed by atoms with Gasteiger partial charge in [0.05, 0.1) is 16.3 Å². The number of sulfonamides is 1. The first-order valence-corrected chi connectivity index (χ1v) is 9.33. The first-order chi connectivity index (χ1) is 12.8. The second-order valence-electron chi connectivity index (χ2n) is 5.78. The molecule has 3 aromatic rings. The maximum atomic E-state index is 11.8. The second-order valence-corrected chi connectivity index (χ2v) is 7.31. The maximum absolute atomic E-state index is 11.8. The van der Waals surface area contributed by atoms with E-state index in [4.69, 9.17) is 5.14 Å². The molecule has 0 bridgehead atoms. The molecule has 0 aliphatic rings. The van der Waals surface area contributed by atoms with E-state index >= 15 is 0 Å². The molecule has 0 aliphatic heterocycles. The molecule has 10 nitrogen and oxygen atoms in total. The number of rotatable bonds is 6. The van der Waals surface area contributed by atoms with Crippen LogP contribution in [0.4, 0.5) is 11.4 Å². The number of anilines is 1. The summed E-state index contributed by atoms with van der Waals surface area (Å²) < 4.78 is 25.3. The zero-order valence-corrected chi connectivity index (χ0v) is 15.0. The van der Waals surface area contributed by atoms with Crippen LogP contribution in [0.3, 0.4) is 0 Å². The Hall–Kier alpha value is -3.31. The smallest absolute Gasteiger partial charge is 0.270 e. The minimum Gasteiger partial charge on any atom is -0.377 e. The minimum atomic E-state index is -4.14. The Balaban J connectivity index is 1.87. The van der Waals surface area contributed by atoms with Crippen LogP contribution in [-0.4, -0.2) is 28.1 Å². The van der Waals surface area contributed by atoms with Gasteiger partial charge >= 0.3 is 0 Å². The van der Waals surface area contributed by atoms with Crippen LogP contribution in [0.1, 0.15) is 18.5 Å². The Labute approximate surface area is 154 Å². The summed E-state index contributed by atoms with van der Waals surface area (Å²) >= 11 is 0. The topological polar surface area (TPSA) is 146 Å². The number of hydrogen-bond acceptors (Lipinski definition) is 7. The Morgan fingerprint density at radius 2 is 1.93 bits per heavy atom. The van der Waals surface area contributed by atoms with Crippen molar-refractivity contribution in [3.63, 3.8) is 0 Å². The van der Waals surface area contributed by atoms with E-state index in [1.165, 1.54) is 18.5 Å². The Morgan fingerprint density at radius 3 is 2.48 bits per heavy atom. The molecular formula is C16H16N6O4S. The van der Waals surface area contributed by atoms with Crippen molar-refractivity contribution in [3.05, 3.63) is 70.8 Å². The van der Waals surface area contributed by atoms with Gasteiger partial charge in [0.15, 0.2) is 0 Å². The van der Waals surface area contributed by atoms with Gasteiger partial charge in [-0.25, -0.2) is 23.2 Å². The van der Waals surface area contributed by atoms with Crippen LogP contribution in [0.5, 0.6) is 0 Å². The van der Waals surface area contributed by atoms with Crippen LogP contribution in [0.2, 0.25) is 0 Å². The summed E-state index contributed by atoms with van der Waals surface area (Å²) in [6.45, 7) is 1.83. The quantitative estimate of drug-likeness (QED) is 0.485. The Kier molecular flexibility index (Phi) is 4.88. The number of primary sulfonamides is 1. The molecule has 1 aromatic heterocycles. The zero-order valence-electron chi connectivity index (χ0n) is 14.2. The summed E-state index contributed by atoms with van der Waals surface area (Å²) in [6.07, 6.45) is 3.01. The third-order valence-corrected chi connectivity index (χ3v) is 4.88. The second kappa shape index (κ2) is 7.13. The average Bonchev–Trinajstić information content (AvgIpc) is 3.15. The fourth-order valence-electron chi connectivity index (χ4n) is 2.55. The van der Waals surface area contributed by atoms with E-state index in [-0.39, 0.29) is 22.3 Å². The van der Waals surface area contributed by atoms with E-state index in [9.17, 15) is 18.5 Å². The highest BCUT2D eigenvalue weighted by molar-refractivity contribution is 7.89. The number of nitro benzene ring substituents is 1. The van der Waals surface area contributed by atoms with Gasteiger partial charge in [-0.05, 0) is 30.7 Å². The van der Waals surface area contributed by atoms with Crippen LogP contribution in [-0.2, 0) is 10.0 Å². The molecule has 11 heteroatoms. The molecule has 0 amide bonds. The maximum Gasteiger partial charge on any atom is 0.270 e. The number of hydrogen-bond donors (Lipinski definition) is 2. The first-order valence-electron chi connectivity index (χ1n) is 7.78. The number of nitrogens with two attached hydrogens (primary N) is 1. The number of nitro groups is 1. The largest absolute Gasteiger partial charge is 0.377 e. The van der Waals surface area contributed by atoms with E-state index in [0.717, 1.165) is 17.3 Å². The van der Waals surface area contributed by atoms with Gasteiger partial charge in [0.1, 0.15) is 17.6 Å². The van der Waals surface area contributed by atoms with Crippen molar-refractivity contribution < 1.29 is 13.3 Å². The van der Waals surface area contributed by atoms with Crippen molar-refractivity contribution in [1.29, 1.82) is 0 Å². The lowest BCUT2D eigenvalue weighted by molar-refractivity contribution is -0.385. The number of benzene rings is 2. The molecule has 27 heavy (non-hydrogen) atoms. The summed E-state index contributed by atoms with van der Waals surface area (Å²) in [5, 5.41) is 23.2. The van der Waals surface area contributed by atoms with E-state index < -0.39 is 14.9 Å². The van der Waals surface area contributed by atoms with Crippen LogP contribution in [0, 0.1) is 10.1 Å². The van der Waals surface area contributed by atoms with Crippen molar-refractivity contribution in [1.82, 2.24) is 14.8 Å². The van der Waals surface area contributed by atoms with Gasteiger partial charge in [0.2, 0.25) is 10.0 Å². The predicted molar refractivity (Wildman–Crippen MR) is 97.9 cm³/mol. The standard InChI is InChI=1S/C16H16N6O4S/c1-11(12-2-4-13(5-3-12)21-10-18-9-19-21)20-15-7-6-14(22(23)24)8-16(15)27(17,25)26/h2-11,20H,1H3,(H2,17,25,26). The van der Waals surface area contributed by atoms with E-state index in [1.807, 2.05) is 31.2 Å². The highest BCUT2D eigenvalue weighted by Crippen LogP contribution is 2.29. The zero-order chi connectivity index (χ0) is 19.6. The fraction of sp³-hybridized carbons (Fsp3) is 0.125. The van der Waals surface area contributed by atoms with Gasteiger partial charge in [0, 0.05) is 18.2 Å². The third-order valence-electron chi connectivity index (χ3n) is 3.93. The number of nitrogens with zero attached hydrogens (tertiary/aromatic N) is 4. The molecule has 1 unspecified atom stereocenters. The lowest BCUT2D eigenvalue weighted by Gasteiger charge is -2.18. The predicted octanol–water partition coefficient (Wildman–Crippen LogP) is 2.00. The molecule has 0 fully saturated rings. The van der Waals surface area contributed by atoms with Gasteiger partial charge in [-0.15, -0.1) is 0 Å². The number of nitrogens with one attached hydrogen (secondary N) is 1. The fourth-order valence-corrected chi connectivity index (χ4v) is 3.27. The van der Waals surface area contributed by atoms with Gasteiger partial charge in [-0.1, -0.05) is 12.1 Å². The Bertz CT molecular complexity index is 1060. The normalized spacial score (nSPS) is 12.5. The van der Waals surface area contributed by atoms with Crippen molar-refractivity contribution in [3.8, 4) is 5.69 Å². The highest BCUT2D eigenvalue weighted by atomic mass is 32.2. The lowest BCUT2D eigenvalue weighted by Crippen LogP contribution is -2.16. The third kappa shape index (κ3) is 4.10. The molecule has 3 rings (SSSR count). The van der Waals surface area contributed by atoms with Gasteiger partial charge in [0.25, 0.3) is 5.69 Å². The first kappa shape index (κ1) is 18.5. The molecule has 0 spiro atoms. The van der Waals surface area contributed by atoms with Crippen molar-refractivity contribution in [2.75, 3.05) is 5.32 Å². The van der Waals surface area contributed by atoms with Crippen LogP contribution in [0.25, 0.3) is 5.69 Å². The monoisotopic (exact) mass is 388 g/mol. The van der Waals surface area contributed by atoms with Gasteiger partial charge in [-0.3, -0.25) is 10.1 Å². The van der Waals surface area contributed by atoms with E-state index in [1.54, 1.807) is 11.0 Å². The summed E-state index contributed by atoms with van der Waals surface area (Å²) in [4.78, 5) is 13.8. The molecule has 1 atom stereocenters. The lowest BCUT2D eigenvalue weighted by atomic mass is 10.1. The van der Waals surface area contributed by atoms with Crippen LogP contribution in [0.15, 0.2) is 60.0 Å². The molecule has 0 aliphatic carbocycles. The number of aromatic nitrogens is 3.